The maximum Gasteiger partial charge on any atom is 0.291 e. The number of ether oxygens (including phenoxy) is 1. The highest BCUT2D eigenvalue weighted by atomic mass is 32.1. The smallest absolute Gasteiger partial charge is 0.291 e. The van der Waals surface area contributed by atoms with Gasteiger partial charge in [0.15, 0.2) is 5.69 Å². The Morgan fingerprint density at radius 3 is 2.75 bits per heavy atom. The molecule has 0 bridgehead atoms. The number of amides is 1. The summed E-state index contributed by atoms with van der Waals surface area (Å²) in [6.45, 7) is 2.03. The van der Waals surface area contributed by atoms with Gasteiger partial charge in [0.2, 0.25) is 0 Å². The number of carbonyl (C=O) groups excluding carboxylic acids is 1. The van der Waals surface area contributed by atoms with Crippen molar-refractivity contribution in [1.29, 1.82) is 0 Å². The molecule has 2 N–H and O–H groups in total. The molecule has 0 atom stereocenters. The molecule has 2 heterocycles. The van der Waals surface area contributed by atoms with Gasteiger partial charge < -0.3 is 4.74 Å². The number of benzene rings is 1. The third-order valence-corrected chi connectivity index (χ3v) is 4.35. The van der Waals surface area contributed by atoms with Crippen LogP contribution in [0, 0.1) is 6.92 Å². The van der Waals surface area contributed by atoms with E-state index in [-0.39, 0.29) is 5.91 Å². The highest BCUT2D eigenvalue weighted by Gasteiger charge is 2.11. The van der Waals surface area contributed by atoms with Crippen LogP contribution in [0.1, 0.15) is 20.9 Å². The number of aromatic nitrogens is 2. The van der Waals surface area contributed by atoms with Crippen LogP contribution in [-0.2, 0) is 0 Å². The third kappa shape index (κ3) is 3.69. The molecular weight excluding hydrogens is 324 g/mol. The van der Waals surface area contributed by atoms with E-state index in [1.807, 2.05) is 43.3 Å². The molecule has 24 heavy (non-hydrogen) atoms. The Balaban J connectivity index is 1.62. The molecule has 0 aliphatic carbocycles. The van der Waals surface area contributed by atoms with E-state index in [0.717, 1.165) is 21.9 Å². The first kappa shape index (κ1) is 15.9. The summed E-state index contributed by atoms with van der Waals surface area (Å²) in [6.07, 6.45) is 1.56. The molecule has 0 spiro atoms. The summed E-state index contributed by atoms with van der Waals surface area (Å²) in [6, 6.07) is 13.1. The van der Waals surface area contributed by atoms with E-state index in [1.165, 1.54) is 4.88 Å². The van der Waals surface area contributed by atoms with Crippen molar-refractivity contribution in [3.8, 4) is 16.3 Å². The number of nitrogens with zero attached hydrogens (tertiary/aromatic N) is 2. The predicted molar refractivity (Wildman–Crippen MR) is 94.7 cm³/mol. The Bertz CT molecular complexity index is 865. The topological polar surface area (TPSA) is 79.4 Å². The Kier molecular flexibility index (Phi) is 4.72. The molecule has 3 aromatic rings. The number of rotatable bonds is 5. The number of hydrogen-bond donors (Lipinski definition) is 2. The first-order valence-electron chi connectivity index (χ1n) is 7.25. The molecule has 0 aliphatic rings. The molecule has 6 nitrogen and oxygen atoms in total. The van der Waals surface area contributed by atoms with E-state index in [2.05, 4.69) is 20.7 Å². The van der Waals surface area contributed by atoms with E-state index < -0.39 is 0 Å². The summed E-state index contributed by atoms with van der Waals surface area (Å²) in [7, 11) is 1.61. The fraction of sp³-hybridized carbons (Fsp3) is 0.118. The second-order valence-electron chi connectivity index (χ2n) is 5.05. The molecule has 0 radical (unpaired) electrons. The Hall–Kier alpha value is -2.93. The van der Waals surface area contributed by atoms with E-state index in [1.54, 1.807) is 30.7 Å². The van der Waals surface area contributed by atoms with E-state index in [0.29, 0.717) is 5.69 Å². The first-order chi connectivity index (χ1) is 11.7. The molecule has 3 rings (SSSR count). The number of aryl methyl sites for hydroxylation is 1. The zero-order valence-corrected chi connectivity index (χ0v) is 14.1. The quantitative estimate of drug-likeness (QED) is 0.553. The minimum absolute atomic E-state index is 0.294. The summed E-state index contributed by atoms with van der Waals surface area (Å²) >= 11 is 1.64. The minimum Gasteiger partial charge on any atom is -0.497 e. The molecule has 0 fully saturated rings. The number of methoxy groups -OCH3 is 1. The number of nitrogens with one attached hydrogen (secondary N) is 2. The van der Waals surface area contributed by atoms with Crippen molar-refractivity contribution >= 4 is 23.5 Å². The monoisotopic (exact) mass is 340 g/mol. The maximum absolute atomic E-state index is 12.1. The molecule has 0 aliphatic heterocycles. The van der Waals surface area contributed by atoms with Gasteiger partial charge in [-0.25, -0.2) is 5.43 Å². The molecule has 122 valence electrons. The molecule has 1 aromatic carbocycles. The molecule has 7 heteroatoms. The number of carbonyl (C=O) groups is 1. The Morgan fingerprint density at radius 2 is 2.08 bits per heavy atom. The highest BCUT2D eigenvalue weighted by molar-refractivity contribution is 7.15. The summed E-state index contributed by atoms with van der Waals surface area (Å²) in [5, 5.41) is 10.8. The lowest BCUT2D eigenvalue weighted by Crippen LogP contribution is -2.17. The van der Waals surface area contributed by atoms with Crippen molar-refractivity contribution in [2.24, 2.45) is 5.10 Å². The van der Waals surface area contributed by atoms with Crippen molar-refractivity contribution < 1.29 is 9.53 Å². The number of thiophene rings is 1. The van der Waals surface area contributed by atoms with Gasteiger partial charge in [0, 0.05) is 4.88 Å². The number of aromatic amines is 1. The minimum atomic E-state index is -0.365. The fourth-order valence-corrected chi connectivity index (χ4v) is 2.89. The van der Waals surface area contributed by atoms with Crippen molar-refractivity contribution in [3.05, 3.63) is 58.6 Å². The lowest BCUT2D eigenvalue weighted by Gasteiger charge is -1.99. The number of hydrazone groups is 1. The van der Waals surface area contributed by atoms with Gasteiger partial charge in [0.25, 0.3) is 5.91 Å². The Labute approximate surface area is 143 Å². The van der Waals surface area contributed by atoms with Crippen LogP contribution in [0.15, 0.2) is 47.6 Å². The lowest BCUT2D eigenvalue weighted by molar-refractivity contribution is 0.0950. The van der Waals surface area contributed by atoms with Crippen molar-refractivity contribution in [1.82, 2.24) is 15.6 Å². The largest absolute Gasteiger partial charge is 0.497 e. The van der Waals surface area contributed by atoms with Gasteiger partial charge in [-0.2, -0.15) is 10.2 Å². The summed E-state index contributed by atoms with van der Waals surface area (Å²) in [5.74, 6) is 0.402. The average molecular weight is 340 g/mol. The second-order valence-corrected chi connectivity index (χ2v) is 6.34. The molecule has 0 unspecified atom stereocenters. The van der Waals surface area contributed by atoms with Gasteiger partial charge in [-0.15, -0.1) is 11.3 Å². The van der Waals surface area contributed by atoms with Crippen LogP contribution in [-0.4, -0.2) is 29.4 Å². The van der Waals surface area contributed by atoms with Crippen molar-refractivity contribution in [2.75, 3.05) is 7.11 Å². The van der Waals surface area contributed by atoms with Gasteiger partial charge in [-0.3, -0.25) is 9.89 Å². The van der Waals surface area contributed by atoms with E-state index in [4.69, 9.17) is 4.74 Å². The SMILES string of the molecule is COc1ccc(/C=N/NC(=O)c2cc(-c3ccc(C)s3)[nH]n2)cc1. The number of H-pyrrole nitrogens is 1. The zero-order valence-electron chi connectivity index (χ0n) is 13.2. The molecular formula is C17H16N4O2S. The maximum atomic E-state index is 12.1. The van der Waals surface area contributed by atoms with Gasteiger partial charge >= 0.3 is 0 Å². The molecule has 0 saturated heterocycles. The van der Waals surface area contributed by atoms with Crippen LogP contribution in [0.25, 0.3) is 10.6 Å². The van der Waals surface area contributed by atoms with Crippen molar-refractivity contribution in [3.63, 3.8) is 0 Å². The van der Waals surface area contributed by atoms with Gasteiger partial charge in [-0.1, -0.05) is 0 Å². The average Bonchev–Trinajstić information content (AvgIpc) is 3.24. The highest BCUT2D eigenvalue weighted by Crippen LogP contribution is 2.26. The Morgan fingerprint density at radius 1 is 1.29 bits per heavy atom. The predicted octanol–water partition coefficient (Wildman–Crippen LogP) is 3.22. The zero-order chi connectivity index (χ0) is 16.9. The summed E-state index contributed by atoms with van der Waals surface area (Å²) in [5.41, 5.74) is 4.43. The first-order valence-corrected chi connectivity index (χ1v) is 8.07. The molecule has 2 aromatic heterocycles. The third-order valence-electron chi connectivity index (χ3n) is 3.31. The van der Waals surface area contributed by atoms with Crippen LogP contribution in [0.4, 0.5) is 0 Å². The summed E-state index contributed by atoms with van der Waals surface area (Å²) < 4.78 is 5.08. The lowest BCUT2D eigenvalue weighted by atomic mass is 10.2. The van der Waals surface area contributed by atoms with Crippen LogP contribution < -0.4 is 10.2 Å². The van der Waals surface area contributed by atoms with Crippen LogP contribution in [0.3, 0.4) is 0 Å². The normalized spacial score (nSPS) is 10.9. The van der Waals surface area contributed by atoms with Crippen LogP contribution in [0.2, 0.25) is 0 Å². The van der Waals surface area contributed by atoms with Crippen LogP contribution in [0.5, 0.6) is 5.75 Å². The van der Waals surface area contributed by atoms with Gasteiger partial charge in [-0.05, 0) is 55.0 Å². The van der Waals surface area contributed by atoms with Crippen LogP contribution >= 0.6 is 11.3 Å². The van der Waals surface area contributed by atoms with E-state index in [9.17, 15) is 4.79 Å². The molecule has 0 saturated carbocycles. The summed E-state index contributed by atoms with van der Waals surface area (Å²) in [4.78, 5) is 14.3. The second kappa shape index (κ2) is 7.10. The van der Waals surface area contributed by atoms with Gasteiger partial charge in [0.05, 0.1) is 23.9 Å². The van der Waals surface area contributed by atoms with E-state index >= 15 is 0 Å². The van der Waals surface area contributed by atoms with Crippen molar-refractivity contribution in [2.45, 2.75) is 6.92 Å². The van der Waals surface area contributed by atoms with Gasteiger partial charge in [0.1, 0.15) is 5.75 Å². The molecule has 1 amide bonds. The fourth-order valence-electron chi connectivity index (χ4n) is 2.06. The standard InChI is InChI=1S/C17H16N4O2S/c1-11-3-8-16(24-11)14-9-15(20-19-14)17(22)21-18-10-12-4-6-13(23-2)7-5-12/h3-10H,1-2H3,(H,19,20)(H,21,22)/b18-10+. The number of hydrogen-bond acceptors (Lipinski definition) is 5.